The number of ether oxygens (including phenoxy) is 5. The molecule has 0 aliphatic carbocycles. The monoisotopic (exact) mass is 412 g/mol. The molecule has 136 valence electrons. The topological polar surface area (TPSA) is 63.2 Å². The van der Waals surface area contributed by atoms with Crippen molar-refractivity contribution in [2.24, 2.45) is 0 Å². The SMILES string of the molecule is COC(=O)c1c(OC)ccc(Br)c1/C=C/[C@H]1OC[C@H]2OC(C)(C)O[C@@H]12. The van der Waals surface area contributed by atoms with Crippen LogP contribution in [0.25, 0.3) is 6.08 Å². The van der Waals surface area contributed by atoms with Gasteiger partial charge in [0.25, 0.3) is 0 Å². The summed E-state index contributed by atoms with van der Waals surface area (Å²) in [6.45, 7) is 4.26. The van der Waals surface area contributed by atoms with Gasteiger partial charge in [0.1, 0.15) is 29.6 Å². The summed E-state index contributed by atoms with van der Waals surface area (Å²) >= 11 is 3.48. The fourth-order valence-electron chi connectivity index (χ4n) is 3.15. The third-order valence-electron chi connectivity index (χ3n) is 4.21. The molecule has 7 heteroatoms. The lowest BCUT2D eigenvalue weighted by molar-refractivity contribution is -0.170. The Bertz CT molecular complexity index is 699. The number of halogens is 1. The zero-order chi connectivity index (χ0) is 18.2. The van der Waals surface area contributed by atoms with Gasteiger partial charge in [-0.25, -0.2) is 4.79 Å². The maximum absolute atomic E-state index is 12.2. The van der Waals surface area contributed by atoms with Crippen molar-refractivity contribution in [3.63, 3.8) is 0 Å². The Morgan fingerprint density at radius 3 is 2.76 bits per heavy atom. The van der Waals surface area contributed by atoms with Crippen LogP contribution < -0.4 is 4.74 Å². The van der Waals surface area contributed by atoms with Gasteiger partial charge in [-0.05, 0) is 26.0 Å². The van der Waals surface area contributed by atoms with E-state index in [4.69, 9.17) is 23.7 Å². The summed E-state index contributed by atoms with van der Waals surface area (Å²) in [7, 11) is 2.85. The van der Waals surface area contributed by atoms with Gasteiger partial charge in [-0.2, -0.15) is 0 Å². The zero-order valence-corrected chi connectivity index (χ0v) is 16.2. The van der Waals surface area contributed by atoms with Crippen LogP contribution >= 0.6 is 15.9 Å². The highest BCUT2D eigenvalue weighted by Gasteiger charge is 2.49. The summed E-state index contributed by atoms with van der Waals surface area (Å²) in [5.41, 5.74) is 1.02. The van der Waals surface area contributed by atoms with E-state index in [1.165, 1.54) is 14.2 Å². The molecule has 0 saturated carbocycles. The Hall–Kier alpha value is -1.41. The fourth-order valence-corrected chi connectivity index (χ4v) is 3.61. The number of rotatable bonds is 4. The van der Waals surface area contributed by atoms with Gasteiger partial charge >= 0.3 is 5.97 Å². The Morgan fingerprint density at radius 2 is 2.08 bits per heavy atom. The highest BCUT2D eigenvalue weighted by atomic mass is 79.9. The lowest BCUT2D eigenvalue weighted by atomic mass is 10.0. The molecule has 2 aliphatic heterocycles. The Balaban J connectivity index is 1.90. The van der Waals surface area contributed by atoms with Crippen molar-refractivity contribution in [2.75, 3.05) is 20.8 Å². The minimum absolute atomic E-state index is 0.0847. The second-order valence-electron chi connectivity index (χ2n) is 6.33. The first kappa shape index (κ1) is 18.4. The molecule has 0 aromatic heterocycles. The molecule has 1 aromatic rings. The summed E-state index contributed by atoms with van der Waals surface area (Å²) in [6, 6.07) is 3.54. The van der Waals surface area contributed by atoms with Crippen molar-refractivity contribution < 1.29 is 28.5 Å². The quantitative estimate of drug-likeness (QED) is 0.707. The van der Waals surface area contributed by atoms with Gasteiger partial charge in [0.2, 0.25) is 0 Å². The number of carbonyl (C=O) groups is 1. The molecule has 0 unspecified atom stereocenters. The smallest absolute Gasteiger partial charge is 0.342 e. The van der Waals surface area contributed by atoms with Crippen LogP contribution in [0.1, 0.15) is 29.8 Å². The first-order valence-corrected chi connectivity index (χ1v) is 8.76. The fraction of sp³-hybridized carbons (Fsp3) is 0.500. The van der Waals surface area contributed by atoms with Crippen molar-refractivity contribution in [2.45, 2.75) is 37.9 Å². The molecular formula is C18H21BrO6. The van der Waals surface area contributed by atoms with Gasteiger partial charge in [0.15, 0.2) is 5.79 Å². The van der Waals surface area contributed by atoms with Crippen LogP contribution in [0, 0.1) is 0 Å². The first-order valence-electron chi connectivity index (χ1n) is 7.96. The largest absolute Gasteiger partial charge is 0.496 e. The van der Waals surface area contributed by atoms with Crippen LogP contribution in [0.3, 0.4) is 0 Å². The van der Waals surface area contributed by atoms with Gasteiger partial charge in [-0.15, -0.1) is 0 Å². The normalized spacial score (nSPS) is 27.5. The van der Waals surface area contributed by atoms with E-state index >= 15 is 0 Å². The summed E-state index contributed by atoms with van der Waals surface area (Å²) in [5, 5.41) is 0. The second-order valence-corrected chi connectivity index (χ2v) is 7.18. The van der Waals surface area contributed by atoms with E-state index in [1.54, 1.807) is 6.07 Å². The van der Waals surface area contributed by atoms with E-state index in [1.807, 2.05) is 32.1 Å². The predicted octanol–water partition coefficient (Wildman–Crippen LogP) is 3.18. The van der Waals surface area contributed by atoms with Gasteiger partial charge in [-0.3, -0.25) is 0 Å². The number of methoxy groups -OCH3 is 2. The number of hydrogen-bond donors (Lipinski definition) is 0. The Morgan fingerprint density at radius 1 is 1.32 bits per heavy atom. The predicted molar refractivity (Wildman–Crippen MR) is 94.6 cm³/mol. The van der Waals surface area contributed by atoms with Gasteiger partial charge in [0.05, 0.1) is 20.8 Å². The maximum Gasteiger partial charge on any atom is 0.342 e. The van der Waals surface area contributed by atoms with Crippen molar-refractivity contribution in [3.8, 4) is 5.75 Å². The molecule has 1 aromatic carbocycles. The molecule has 3 atom stereocenters. The van der Waals surface area contributed by atoms with E-state index in [0.29, 0.717) is 23.5 Å². The van der Waals surface area contributed by atoms with Crippen LogP contribution in [0.4, 0.5) is 0 Å². The molecule has 2 saturated heterocycles. The van der Waals surface area contributed by atoms with E-state index in [-0.39, 0.29) is 18.3 Å². The number of hydrogen-bond acceptors (Lipinski definition) is 6. The standard InChI is InChI=1S/C18H21BrO6/c1-18(2)24-14-9-23-13(16(14)25-18)7-5-10-11(19)6-8-12(21-3)15(10)17(20)22-4/h5-8,13-14,16H,9H2,1-4H3/b7-5+/t13-,14-,16+/m1/s1. The second kappa shape index (κ2) is 7.07. The number of fused-ring (bicyclic) bond motifs is 1. The van der Waals surface area contributed by atoms with Crippen LogP contribution in [0.2, 0.25) is 0 Å². The summed E-state index contributed by atoms with van der Waals surface area (Å²) in [5.74, 6) is -0.634. The van der Waals surface area contributed by atoms with Gasteiger partial charge < -0.3 is 23.7 Å². The minimum Gasteiger partial charge on any atom is -0.496 e. The molecule has 0 amide bonds. The highest BCUT2D eigenvalue weighted by Crippen LogP contribution is 2.37. The first-order chi connectivity index (χ1) is 11.9. The highest BCUT2D eigenvalue weighted by molar-refractivity contribution is 9.10. The minimum atomic E-state index is -0.612. The Kier molecular flexibility index (Phi) is 5.20. The molecular weight excluding hydrogens is 392 g/mol. The van der Waals surface area contributed by atoms with Crippen LogP contribution in [-0.4, -0.2) is 50.9 Å². The third-order valence-corrected chi connectivity index (χ3v) is 4.91. The third kappa shape index (κ3) is 3.60. The van der Waals surface area contributed by atoms with E-state index in [9.17, 15) is 4.79 Å². The maximum atomic E-state index is 12.2. The summed E-state index contributed by atoms with van der Waals surface area (Å²) < 4.78 is 28.4. The van der Waals surface area contributed by atoms with E-state index in [2.05, 4.69) is 15.9 Å². The molecule has 6 nitrogen and oxygen atoms in total. The van der Waals surface area contributed by atoms with Crippen molar-refractivity contribution in [1.82, 2.24) is 0 Å². The summed E-state index contributed by atoms with van der Waals surface area (Å²) in [6.07, 6.45) is 3.19. The number of carbonyl (C=O) groups excluding carboxylic acids is 1. The van der Waals surface area contributed by atoms with Crippen molar-refractivity contribution >= 4 is 28.0 Å². The summed E-state index contributed by atoms with van der Waals surface area (Å²) in [4.78, 5) is 12.2. The average molecular weight is 413 g/mol. The van der Waals surface area contributed by atoms with Crippen LogP contribution in [0.5, 0.6) is 5.75 Å². The van der Waals surface area contributed by atoms with Crippen molar-refractivity contribution in [1.29, 1.82) is 0 Å². The molecule has 0 bridgehead atoms. The lowest BCUT2D eigenvalue weighted by Gasteiger charge is -2.20. The molecule has 0 spiro atoms. The number of benzene rings is 1. The van der Waals surface area contributed by atoms with Crippen LogP contribution in [0.15, 0.2) is 22.7 Å². The zero-order valence-electron chi connectivity index (χ0n) is 14.6. The lowest BCUT2D eigenvalue weighted by Crippen LogP contribution is -2.28. The molecule has 0 N–H and O–H groups in total. The van der Waals surface area contributed by atoms with Crippen molar-refractivity contribution in [3.05, 3.63) is 33.8 Å². The number of esters is 1. The Labute approximate surface area is 155 Å². The average Bonchev–Trinajstić information content (AvgIpc) is 3.08. The van der Waals surface area contributed by atoms with E-state index in [0.717, 1.165) is 4.47 Å². The molecule has 0 radical (unpaired) electrons. The molecule has 2 aliphatic rings. The molecule has 3 rings (SSSR count). The molecule has 25 heavy (non-hydrogen) atoms. The van der Waals surface area contributed by atoms with Gasteiger partial charge in [0, 0.05) is 10.0 Å². The van der Waals surface area contributed by atoms with Crippen LogP contribution in [-0.2, 0) is 18.9 Å². The van der Waals surface area contributed by atoms with Gasteiger partial charge in [-0.1, -0.05) is 28.1 Å². The molecule has 2 fully saturated rings. The molecule has 2 heterocycles. The van der Waals surface area contributed by atoms with E-state index < -0.39 is 11.8 Å².